The summed E-state index contributed by atoms with van der Waals surface area (Å²) in [6, 6.07) is 0. The molecule has 0 amide bonds. The Balaban J connectivity index is 0. The molecule has 0 aromatic heterocycles. The van der Waals surface area contributed by atoms with Crippen LogP contribution in [-0.2, 0) is 4.79 Å². The number of rotatable bonds is 9. The molecule has 2 nitrogen and oxygen atoms in total. The standard InChI is InChI=1S/C14H31P.C2HF3O2/c1-5-9-10-11-12-13(6-2)14(15,7-3)8-4;3-2(4,5)1(6)7/h13H,5-12,15H2,1-4H3;(H,6,7). The molecule has 0 aliphatic rings. The topological polar surface area (TPSA) is 37.3 Å². The minimum absolute atomic E-state index is 0.515. The molecule has 2 atom stereocenters. The van der Waals surface area contributed by atoms with Crippen molar-refractivity contribution in [2.75, 3.05) is 0 Å². The van der Waals surface area contributed by atoms with E-state index in [9.17, 15) is 13.2 Å². The van der Waals surface area contributed by atoms with Crippen LogP contribution in [0.15, 0.2) is 0 Å². The van der Waals surface area contributed by atoms with Crippen LogP contribution in [0.2, 0.25) is 0 Å². The van der Waals surface area contributed by atoms with Crippen molar-refractivity contribution in [2.45, 2.75) is 90.4 Å². The summed E-state index contributed by atoms with van der Waals surface area (Å²) < 4.78 is 31.7. The summed E-state index contributed by atoms with van der Waals surface area (Å²) in [6.45, 7) is 9.32. The van der Waals surface area contributed by atoms with E-state index in [-0.39, 0.29) is 0 Å². The Morgan fingerprint density at radius 2 is 1.50 bits per heavy atom. The molecular formula is C16H32F3O2P. The number of unbranched alkanes of at least 4 members (excludes halogenated alkanes) is 3. The van der Waals surface area contributed by atoms with Gasteiger partial charge in [0.25, 0.3) is 0 Å². The van der Waals surface area contributed by atoms with E-state index in [0.717, 1.165) is 5.92 Å². The number of carboxylic acids is 1. The SMILES string of the molecule is CCCCCCC(CC)C(P)(CC)CC.O=C(O)C(F)(F)F. The highest BCUT2D eigenvalue weighted by Crippen LogP contribution is 2.39. The zero-order chi connectivity index (χ0) is 17.8. The maximum Gasteiger partial charge on any atom is 0.490 e. The third-order valence-electron chi connectivity index (χ3n) is 4.27. The average molecular weight is 344 g/mol. The minimum Gasteiger partial charge on any atom is -0.475 e. The minimum atomic E-state index is -5.08. The normalized spacial score (nSPS) is 13.3. The van der Waals surface area contributed by atoms with E-state index in [1.807, 2.05) is 0 Å². The van der Waals surface area contributed by atoms with Crippen molar-refractivity contribution >= 4 is 15.2 Å². The van der Waals surface area contributed by atoms with Crippen molar-refractivity contribution < 1.29 is 23.1 Å². The van der Waals surface area contributed by atoms with Crippen molar-refractivity contribution in [3.63, 3.8) is 0 Å². The Hall–Kier alpha value is -0.310. The van der Waals surface area contributed by atoms with Crippen molar-refractivity contribution in [1.82, 2.24) is 0 Å². The van der Waals surface area contributed by atoms with E-state index in [1.165, 1.54) is 51.4 Å². The number of aliphatic carboxylic acids is 1. The molecule has 2 unspecified atom stereocenters. The van der Waals surface area contributed by atoms with Gasteiger partial charge in [-0.25, -0.2) is 4.79 Å². The molecule has 0 aliphatic carbocycles. The Labute approximate surface area is 135 Å². The molecule has 0 heterocycles. The lowest BCUT2D eigenvalue weighted by molar-refractivity contribution is -0.192. The van der Waals surface area contributed by atoms with Gasteiger partial charge in [0.1, 0.15) is 0 Å². The molecular weight excluding hydrogens is 312 g/mol. The summed E-state index contributed by atoms with van der Waals surface area (Å²) in [5.74, 6) is -1.85. The van der Waals surface area contributed by atoms with Gasteiger partial charge in [-0.1, -0.05) is 59.8 Å². The third-order valence-corrected chi connectivity index (χ3v) is 5.56. The predicted octanol–water partition coefficient (Wildman–Crippen LogP) is 6.05. The second-order valence-electron chi connectivity index (χ2n) is 5.70. The first-order chi connectivity index (χ1) is 10.1. The van der Waals surface area contributed by atoms with Crippen molar-refractivity contribution in [3.05, 3.63) is 0 Å². The van der Waals surface area contributed by atoms with Gasteiger partial charge in [-0.15, -0.1) is 9.24 Å². The van der Waals surface area contributed by atoms with Gasteiger partial charge in [-0.2, -0.15) is 13.2 Å². The Bertz CT molecular complexity index is 290. The molecule has 134 valence electrons. The highest BCUT2D eigenvalue weighted by molar-refractivity contribution is 7.19. The summed E-state index contributed by atoms with van der Waals surface area (Å²) >= 11 is 0. The van der Waals surface area contributed by atoms with E-state index in [1.54, 1.807) is 0 Å². The van der Waals surface area contributed by atoms with Crippen LogP contribution in [0.25, 0.3) is 0 Å². The monoisotopic (exact) mass is 344 g/mol. The van der Waals surface area contributed by atoms with Gasteiger partial charge >= 0.3 is 12.1 Å². The largest absolute Gasteiger partial charge is 0.490 e. The Kier molecular flexibility index (Phi) is 13.2. The van der Waals surface area contributed by atoms with Crippen LogP contribution < -0.4 is 0 Å². The van der Waals surface area contributed by atoms with Crippen molar-refractivity contribution in [1.29, 1.82) is 0 Å². The molecule has 22 heavy (non-hydrogen) atoms. The zero-order valence-corrected chi connectivity index (χ0v) is 15.5. The summed E-state index contributed by atoms with van der Waals surface area (Å²) in [5.41, 5.74) is 0. The predicted molar refractivity (Wildman–Crippen MR) is 89.3 cm³/mol. The molecule has 0 saturated carbocycles. The summed E-state index contributed by atoms with van der Waals surface area (Å²) in [6.07, 6.45) is 5.94. The van der Waals surface area contributed by atoms with Gasteiger partial charge in [0.15, 0.2) is 0 Å². The lowest BCUT2D eigenvalue weighted by atomic mass is 9.81. The number of halogens is 3. The highest BCUT2D eigenvalue weighted by atomic mass is 31.0. The molecule has 0 fully saturated rings. The highest BCUT2D eigenvalue weighted by Gasteiger charge is 2.38. The van der Waals surface area contributed by atoms with Gasteiger partial charge in [-0.05, 0) is 30.3 Å². The molecule has 0 saturated heterocycles. The van der Waals surface area contributed by atoms with Crippen LogP contribution in [0.3, 0.4) is 0 Å². The molecule has 0 radical (unpaired) electrons. The lowest BCUT2D eigenvalue weighted by Gasteiger charge is -2.36. The first-order valence-corrected chi connectivity index (χ1v) is 8.75. The molecule has 0 aliphatic heterocycles. The first-order valence-electron chi connectivity index (χ1n) is 8.17. The molecule has 0 rings (SSSR count). The van der Waals surface area contributed by atoms with Gasteiger partial charge < -0.3 is 5.11 Å². The second kappa shape index (κ2) is 12.2. The first kappa shape index (κ1) is 23.9. The van der Waals surface area contributed by atoms with Gasteiger partial charge in [0.05, 0.1) is 0 Å². The molecule has 0 spiro atoms. The second-order valence-corrected chi connectivity index (χ2v) is 6.85. The van der Waals surface area contributed by atoms with Crippen LogP contribution in [-0.4, -0.2) is 22.4 Å². The lowest BCUT2D eigenvalue weighted by Crippen LogP contribution is -2.29. The number of hydrogen-bond donors (Lipinski definition) is 1. The maximum atomic E-state index is 10.6. The molecule has 0 aromatic rings. The number of carbonyl (C=O) groups is 1. The van der Waals surface area contributed by atoms with Crippen molar-refractivity contribution in [2.24, 2.45) is 5.92 Å². The van der Waals surface area contributed by atoms with Gasteiger partial charge in [0.2, 0.25) is 0 Å². The number of carboxylic acid groups (broad SMARTS) is 1. The fraction of sp³-hybridized carbons (Fsp3) is 0.938. The fourth-order valence-corrected chi connectivity index (χ4v) is 2.95. The van der Waals surface area contributed by atoms with Crippen molar-refractivity contribution in [3.8, 4) is 0 Å². The molecule has 6 heteroatoms. The van der Waals surface area contributed by atoms with Gasteiger partial charge in [-0.3, -0.25) is 0 Å². The zero-order valence-electron chi connectivity index (χ0n) is 14.3. The van der Waals surface area contributed by atoms with E-state index < -0.39 is 12.1 Å². The van der Waals surface area contributed by atoms with Crippen LogP contribution >= 0.6 is 9.24 Å². The number of hydrogen-bond acceptors (Lipinski definition) is 1. The smallest absolute Gasteiger partial charge is 0.475 e. The summed E-state index contributed by atoms with van der Waals surface area (Å²) in [7, 11) is 3.15. The third kappa shape index (κ3) is 10.4. The summed E-state index contributed by atoms with van der Waals surface area (Å²) in [5, 5.41) is 7.64. The van der Waals surface area contributed by atoms with E-state index in [2.05, 4.69) is 36.9 Å². The van der Waals surface area contributed by atoms with Crippen LogP contribution in [0.4, 0.5) is 13.2 Å². The maximum absolute atomic E-state index is 10.6. The number of alkyl halides is 3. The van der Waals surface area contributed by atoms with Crippen LogP contribution in [0.1, 0.15) is 79.1 Å². The Morgan fingerprint density at radius 3 is 1.77 bits per heavy atom. The fourth-order valence-electron chi connectivity index (χ4n) is 2.54. The van der Waals surface area contributed by atoms with Gasteiger partial charge in [0, 0.05) is 0 Å². The van der Waals surface area contributed by atoms with Crippen LogP contribution in [0, 0.1) is 5.92 Å². The van der Waals surface area contributed by atoms with E-state index >= 15 is 0 Å². The molecule has 0 aromatic carbocycles. The van der Waals surface area contributed by atoms with E-state index in [0.29, 0.717) is 5.16 Å². The molecule has 1 N–H and O–H groups in total. The quantitative estimate of drug-likeness (QED) is 0.408. The van der Waals surface area contributed by atoms with E-state index in [4.69, 9.17) is 9.90 Å². The summed E-state index contributed by atoms with van der Waals surface area (Å²) in [4.78, 5) is 8.90. The average Bonchev–Trinajstić information content (AvgIpc) is 2.46. The molecule has 0 bridgehead atoms. The Morgan fingerprint density at radius 1 is 1.05 bits per heavy atom. The van der Waals surface area contributed by atoms with Crippen LogP contribution in [0.5, 0.6) is 0 Å².